The van der Waals surface area contributed by atoms with E-state index in [1.54, 1.807) is 0 Å². The second kappa shape index (κ2) is 7.61. The quantitative estimate of drug-likeness (QED) is 0.839. The maximum atomic E-state index is 12.7. The molecule has 3 heterocycles. The molecular weight excluding hydrogens is 274 g/mol. The highest BCUT2D eigenvalue weighted by atomic mass is 16.2. The molecule has 1 amide bonds. The third kappa shape index (κ3) is 3.79. The molecule has 0 aliphatic carbocycles. The molecule has 3 rings (SSSR count). The first-order valence-electron chi connectivity index (χ1n) is 8.86. The van der Waals surface area contributed by atoms with Gasteiger partial charge in [0, 0.05) is 26.2 Å². The van der Waals surface area contributed by atoms with Crippen LogP contribution in [0.4, 0.5) is 5.82 Å². The first kappa shape index (κ1) is 15.3. The van der Waals surface area contributed by atoms with Gasteiger partial charge in [-0.1, -0.05) is 31.7 Å². The Labute approximate surface area is 133 Å². The van der Waals surface area contributed by atoms with E-state index in [0.717, 1.165) is 44.8 Å². The summed E-state index contributed by atoms with van der Waals surface area (Å²) in [5.41, 5.74) is 0.614. The van der Waals surface area contributed by atoms with Crippen LogP contribution in [0.2, 0.25) is 0 Å². The summed E-state index contributed by atoms with van der Waals surface area (Å²) >= 11 is 0. The first-order chi connectivity index (χ1) is 10.8. The average Bonchev–Trinajstić information content (AvgIpc) is 2.99. The molecule has 0 N–H and O–H groups in total. The molecule has 0 radical (unpaired) electrons. The Morgan fingerprint density at radius 1 is 0.818 bits per heavy atom. The van der Waals surface area contributed by atoms with Gasteiger partial charge < -0.3 is 9.80 Å². The molecule has 0 atom stereocenters. The fourth-order valence-electron chi connectivity index (χ4n) is 3.45. The van der Waals surface area contributed by atoms with E-state index in [1.807, 2.05) is 23.1 Å². The third-order valence-electron chi connectivity index (χ3n) is 4.78. The van der Waals surface area contributed by atoms with Crippen molar-refractivity contribution < 1.29 is 4.79 Å². The van der Waals surface area contributed by atoms with Gasteiger partial charge >= 0.3 is 0 Å². The molecule has 4 nitrogen and oxygen atoms in total. The van der Waals surface area contributed by atoms with E-state index in [1.165, 1.54) is 38.5 Å². The normalized spacial score (nSPS) is 20.4. The van der Waals surface area contributed by atoms with Crippen molar-refractivity contribution in [2.75, 3.05) is 31.1 Å². The predicted molar refractivity (Wildman–Crippen MR) is 89.3 cm³/mol. The Morgan fingerprint density at radius 3 is 2.05 bits per heavy atom. The van der Waals surface area contributed by atoms with Crippen molar-refractivity contribution in [2.24, 2.45) is 0 Å². The maximum Gasteiger partial charge on any atom is 0.272 e. The number of carbonyl (C=O) groups is 1. The summed E-state index contributed by atoms with van der Waals surface area (Å²) in [4.78, 5) is 21.7. The van der Waals surface area contributed by atoms with E-state index < -0.39 is 0 Å². The minimum absolute atomic E-state index is 0.110. The number of aromatic nitrogens is 1. The van der Waals surface area contributed by atoms with Crippen LogP contribution in [0.15, 0.2) is 18.2 Å². The van der Waals surface area contributed by atoms with Crippen LogP contribution in [0.3, 0.4) is 0 Å². The molecule has 2 aliphatic heterocycles. The van der Waals surface area contributed by atoms with E-state index in [0.29, 0.717) is 5.69 Å². The molecule has 120 valence electrons. The van der Waals surface area contributed by atoms with Crippen molar-refractivity contribution in [2.45, 2.75) is 51.4 Å². The van der Waals surface area contributed by atoms with Gasteiger partial charge in [-0.05, 0) is 37.8 Å². The number of likely N-dealkylation sites (tertiary alicyclic amines) is 1. The Balaban J connectivity index is 1.73. The topological polar surface area (TPSA) is 36.4 Å². The van der Waals surface area contributed by atoms with Gasteiger partial charge in [-0.2, -0.15) is 0 Å². The number of rotatable bonds is 2. The van der Waals surface area contributed by atoms with Crippen molar-refractivity contribution in [3.05, 3.63) is 23.9 Å². The smallest absolute Gasteiger partial charge is 0.272 e. The molecule has 0 saturated carbocycles. The van der Waals surface area contributed by atoms with Crippen LogP contribution in [0.5, 0.6) is 0 Å². The molecule has 0 aromatic carbocycles. The highest BCUT2D eigenvalue weighted by Crippen LogP contribution is 2.19. The summed E-state index contributed by atoms with van der Waals surface area (Å²) in [5, 5.41) is 0. The largest absolute Gasteiger partial charge is 0.357 e. The van der Waals surface area contributed by atoms with Gasteiger partial charge in [0.05, 0.1) is 0 Å². The van der Waals surface area contributed by atoms with Crippen LogP contribution < -0.4 is 4.90 Å². The Hall–Kier alpha value is -1.58. The van der Waals surface area contributed by atoms with Gasteiger partial charge in [0.1, 0.15) is 11.5 Å². The summed E-state index contributed by atoms with van der Waals surface area (Å²) in [6.45, 7) is 3.89. The standard InChI is InChI=1S/C18H27N3O/c22-18(21-14-7-3-4-8-15-21)16-10-9-11-17(19-16)20-12-5-1-2-6-13-20/h9-11H,1-8,12-15H2. The maximum absolute atomic E-state index is 12.7. The zero-order chi connectivity index (χ0) is 15.2. The zero-order valence-electron chi connectivity index (χ0n) is 13.5. The Bertz CT molecular complexity index is 487. The molecule has 1 aromatic rings. The van der Waals surface area contributed by atoms with Crippen molar-refractivity contribution in [3.63, 3.8) is 0 Å². The van der Waals surface area contributed by atoms with Crippen LogP contribution in [-0.4, -0.2) is 42.0 Å². The van der Waals surface area contributed by atoms with Crippen LogP contribution >= 0.6 is 0 Å². The summed E-state index contributed by atoms with van der Waals surface area (Å²) in [7, 11) is 0. The molecular formula is C18H27N3O. The molecule has 22 heavy (non-hydrogen) atoms. The van der Waals surface area contributed by atoms with Crippen LogP contribution in [0.1, 0.15) is 61.9 Å². The van der Waals surface area contributed by atoms with E-state index in [2.05, 4.69) is 9.88 Å². The molecule has 2 fully saturated rings. The molecule has 0 spiro atoms. The summed E-state index contributed by atoms with van der Waals surface area (Å²) in [6.07, 6.45) is 9.80. The van der Waals surface area contributed by atoms with E-state index in [9.17, 15) is 4.79 Å². The lowest BCUT2D eigenvalue weighted by atomic mass is 10.2. The average molecular weight is 301 g/mol. The number of anilines is 1. The van der Waals surface area contributed by atoms with Crippen LogP contribution in [0.25, 0.3) is 0 Å². The zero-order valence-corrected chi connectivity index (χ0v) is 13.5. The highest BCUT2D eigenvalue weighted by molar-refractivity contribution is 5.92. The van der Waals surface area contributed by atoms with Gasteiger partial charge in [-0.3, -0.25) is 4.79 Å². The Kier molecular flexibility index (Phi) is 5.30. The van der Waals surface area contributed by atoms with Gasteiger partial charge in [0.15, 0.2) is 0 Å². The van der Waals surface area contributed by atoms with Gasteiger partial charge in [0.25, 0.3) is 5.91 Å². The fourth-order valence-corrected chi connectivity index (χ4v) is 3.45. The van der Waals surface area contributed by atoms with E-state index >= 15 is 0 Å². The Morgan fingerprint density at radius 2 is 1.41 bits per heavy atom. The lowest BCUT2D eigenvalue weighted by molar-refractivity contribution is 0.0756. The van der Waals surface area contributed by atoms with Crippen molar-refractivity contribution in [1.29, 1.82) is 0 Å². The third-order valence-corrected chi connectivity index (χ3v) is 4.78. The lowest BCUT2D eigenvalue weighted by Gasteiger charge is -2.23. The highest BCUT2D eigenvalue weighted by Gasteiger charge is 2.19. The predicted octanol–water partition coefficient (Wildman–Crippen LogP) is 3.48. The molecule has 0 unspecified atom stereocenters. The monoisotopic (exact) mass is 301 g/mol. The van der Waals surface area contributed by atoms with Crippen molar-refractivity contribution >= 4 is 11.7 Å². The van der Waals surface area contributed by atoms with Gasteiger partial charge in [0.2, 0.25) is 0 Å². The first-order valence-corrected chi connectivity index (χ1v) is 8.86. The van der Waals surface area contributed by atoms with E-state index in [-0.39, 0.29) is 5.91 Å². The number of pyridine rings is 1. The number of hydrogen-bond donors (Lipinski definition) is 0. The number of hydrogen-bond acceptors (Lipinski definition) is 3. The second-order valence-corrected chi connectivity index (χ2v) is 6.49. The number of carbonyl (C=O) groups excluding carboxylic acids is 1. The van der Waals surface area contributed by atoms with Gasteiger partial charge in [-0.15, -0.1) is 0 Å². The minimum atomic E-state index is 0.110. The molecule has 2 aliphatic rings. The van der Waals surface area contributed by atoms with Crippen LogP contribution in [0, 0.1) is 0 Å². The second-order valence-electron chi connectivity index (χ2n) is 6.49. The van der Waals surface area contributed by atoms with Gasteiger partial charge in [-0.25, -0.2) is 4.98 Å². The fraction of sp³-hybridized carbons (Fsp3) is 0.667. The van der Waals surface area contributed by atoms with E-state index in [4.69, 9.17) is 0 Å². The van der Waals surface area contributed by atoms with Crippen molar-refractivity contribution in [3.8, 4) is 0 Å². The summed E-state index contributed by atoms with van der Waals surface area (Å²) in [5.74, 6) is 1.08. The molecule has 1 aromatic heterocycles. The summed E-state index contributed by atoms with van der Waals surface area (Å²) < 4.78 is 0. The number of nitrogens with zero attached hydrogens (tertiary/aromatic N) is 3. The SMILES string of the molecule is O=C(c1cccc(N2CCCCCC2)n1)N1CCCCCC1. The molecule has 0 bridgehead atoms. The molecule has 4 heteroatoms. The van der Waals surface area contributed by atoms with Crippen molar-refractivity contribution in [1.82, 2.24) is 9.88 Å². The van der Waals surface area contributed by atoms with Crippen LogP contribution in [-0.2, 0) is 0 Å². The lowest BCUT2D eigenvalue weighted by Crippen LogP contribution is -2.33. The minimum Gasteiger partial charge on any atom is -0.357 e. The number of amides is 1. The molecule has 2 saturated heterocycles. The summed E-state index contributed by atoms with van der Waals surface area (Å²) in [6, 6.07) is 5.90.